The molecule has 0 fully saturated rings. The van der Waals surface area contributed by atoms with Crippen LogP contribution < -0.4 is 5.32 Å². The zero-order valence-electron chi connectivity index (χ0n) is 9.38. The summed E-state index contributed by atoms with van der Waals surface area (Å²) in [6.07, 6.45) is -4.46. The van der Waals surface area contributed by atoms with Crippen molar-refractivity contribution in [2.75, 3.05) is 6.54 Å². The van der Waals surface area contributed by atoms with Gasteiger partial charge in [-0.25, -0.2) is 0 Å². The van der Waals surface area contributed by atoms with Gasteiger partial charge in [-0.15, -0.1) is 0 Å². The Bertz CT molecular complexity index is 616. The fourth-order valence-electron chi connectivity index (χ4n) is 2.51. The van der Waals surface area contributed by atoms with E-state index in [0.717, 1.165) is 6.07 Å². The first-order valence-corrected chi connectivity index (χ1v) is 5.61. The summed E-state index contributed by atoms with van der Waals surface area (Å²) < 4.78 is 40.3. The van der Waals surface area contributed by atoms with Crippen molar-refractivity contribution in [3.05, 3.63) is 29.5 Å². The van der Waals surface area contributed by atoms with Crippen molar-refractivity contribution in [1.29, 1.82) is 0 Å². The van der Waals surface area contributed by atoms with Crippen LogP contribution >= 0.6 is 0 Å². The van der Waals surface area contributed by atoms with Crippen molar-refractivity contribution in [2.45, 2.75) is 19.3 Å². The van der Waals surface area contributed by atoms with E-state index in [4.69, 9.17) is 0 Å². The van der Waals surface area contributed by atoms with Crippen LogP contribution in [-0.4, -0.2) is 16.2 Å². The third-order valence-corrected chi connectivity index (χ3v) is 3.29. The minimum atomic E-state index is -4.46. The Kier molecular flexibility index (Phi) is 2.31. The van der Waals surface area contributed by atoms with Gasteiger partial charge in [0.1, 0.15) is 0 Å². The van der Waals surface area contributed by atoms with E-state index in [9.17, 15) is 18.3 Å². The molecule has 3 nitrogen and oxygen atoms in total. The maximum atomic E-state index is 12.9. The van der Waals surface area contributed by atoms with Crippen LogP contribution in [0.4, 0.5) is 13.2 Å². The van der Waals surface area contributed by atoms with Crippen LogP contribution in [0.25, 0.3) is 10.8 Å². The van der Waals surface area contributed by atoms with E-state index < -0.39 is 11.7 Å². The van der Waals surface area contributed by atoms with Crippen LogP contribution in [0.1, 0.15) is 11.3 Å². The van der Waals surface area contributed by atoms with Gasteiger partial charge in [0.15, 0.2) is 5.88 Å². The fourth-order valence-corrected chi connectivity index (χ4v) is 2.51. The van der Waals surface area contributed by atoms with Crippen LogP contribution in [0.15, 0.2) is 18.2 Å². The van der Waals surface area contributed by atoms with E-state index in [1.54, 1.807) is 10.6 Å². The first-order chi connectivity index (χ1) is 8.50. The van der Waals surface area contributed by atoms with Gasteiger partial charge in [0.05, 0.1) is 10.9 Å². The second-order valence-corrected chi connectivity index (χ2v) is 4.32. The van der Waals surface area contributed by atoms with Crippen molar-refractivity contribution in [1.82, 2.24) is 9.88 Å². The molecule has 0 atom stereocenters. The van der Waals surface area contributed by atoms with E-state index in [2.05, 4.69) is 5.32 Å². The number of hydrogen-bond donors (Lipinski definition) is 2. The topological polar surface area (TPSA) is 37.2 Å². The molecular weight excluding hydrogens is 245 g/mol. The number of benzene rings is 1. The quantitative estimate of drug-likeness (QED) is 0.759. The molecule has 0 spiro atoms. The molecule has 0 saturated carbocycles. The molecule has 0 saturated heterocycles. The van der Waals surface area contributed by atoms with Gasteiger partial charge in [0.25, 0.3) is 0 Å². The number of aromatic nitrogens is 1. The molecule has 1 aromatic carbocycles. The Morgan fingerprint density at radius 2 is 2.06 bits per heavy atom. The van der Waals surface area contributed by atoms with E-state index in [-0.39, 0.29) is 11.3 Å². The highest BCUT2D eigenvalue weighted by atomic mass is 19.4. The van der Waals surface area contributed by atoms with Crippen LogP contribution in [0, 0.1) is 0 Å². The third kappa shape index (κ3) is 1.49. The predicted octanol–water partition coefficient (Wildman–Crippen LogP) is 2.47. The van der Waals surface area contributed by atoms with Crippen molar-refractivity contribution in [2.24, 2.45) is 0 Å². The molecule has 0 aliphatic carbocycles. The van der Waals surface area contributed by atoms with Crippen molar-refractivity contribution in [3.8, 4) is 5.88 Å². The normalized spacial score (nSPS) is 15.9. The van der Waals surface area contributed by atoms with E-state index in [0.29, 0.717) is 30.7 Å². The summed E-state index contributed by atoms with van der Waals surface area (Å²) in [4.78, 5) is 0. The van der Waals surface area contributed by atoms with Gasteiger partial charge >= 0.3 is 6.18 Å². The molecule has 2 heterocycles. The molecule has 1 aromatic heterocycles. The summed E-state index contributed by atoms with van der Waals surface area (Å²) in [6.45, 7) is 1.59. The molecular formula is C12H11F3N2O. The molecule has 18 heavy (non-hydrogen) atoms. The maximum Gasteiger partial charge on any atom is 0.417 e. The molecule has 1 aliphatic heterocycles. The molecule has 0 unspecified atom stereocenters. The summed E-state index contributed by atoms with van der Waals surface area (Å²) in [5.74, 6) is -0.283. The molecule has 96 valence electrons. The lowest BCUT2D eigenvalue weighted by Crippen LogP contribution is -2.27. The molecule has 0 bridgehead atoms. The Hall–Kier alpha value is -1.69. The molecule has 3 rings (SSSR count). The number of rotatable bonds is 0. The van der Waals surface area contributed by atoms with E-state index in [1.807, 2.05) is 0 Å². The molecule has 0 amide bonds. The largest absolute Gasteiger partial charge is 0.494 e. The predicted molar refractivity (Wildman–Crippen MR) is 60.3 cm³/mol. The average molecular weight is 256 g/mol. The second kappa shape index (κ2) is 3.65. The first-order valence-electron chi connectivity index (χ1n) is 5.61. The van der Waals surface area contributed by atoms with Gasteiger partial charge in [-0.1, -0.05) is 12.1 Å². The van der Waals surface area contributed by atoms with Crippen LogP contribution in [0.2, 0.25) is 0 Å². The third-order valence-electron chi connectivity index (χ3n) is 3.29. The number of halogens is 3. The van der Waals surface area contributed by atoms with Gasteiger partial charge in [0.2, 0.25) is 0 Å². The molecule has 1 aliphatic rings. The van der Waals surface area contributed by atoms with Gasteiger partial charge in [-0.2, -0.15) is 13.2 Å². The Morgan fingerprint density at radius 3 is 2.78 bits per heavy atom. The molecule has 6 heteroatoms. The lowest BCUT2D eigenvalue weighted by molar-refractivity contribution is -0.136. The molecule has 2 N–H and O–H groups in total. The van der Waals surface area contributed by atoms with Crippen LogP contribution in [0.5, 0.6) is 5.88 Å². The SMILES string of the molecule is Oc1c2c(C(F)(F)F)cccc2c2n1CCNC2. The van der Waals surface area contributed by atoms with E-state index >= 15 is 0 Å². The number of nitrogens with zero attached hydrogens (tertiary/aromatic N) is 1. The Balaban J connectivity index is 2.39. The highest BCUT2D eigenvalue weighted by Gasteiger charge is 2.35. The summed E-state index contributed by atoms with van der Waals surface area (Å²) in [7, 11) is 0. The Morgan fingerprint density at radius 1 is 1.28 bits per heavy atom. The number of fused-ring (bicyclic) bond motifs is 3. The van der Waals surface area contributed by atoms with Gasteiger partial charge in [-0.05, 0) is 6.07 Å². The molecule has 0 radical (unpaired) electrons. The highest BCUT2D eigenvalue weighted by molar-refractivity contribution is 5.94. The summed E-state index contributed by atoms with van der Waals surface area (Å²) in [5.41, 5.74) is -0.0701. The second-order valence-electron chi connectivity index (χ2n) is 4.32. The monoisotopic (exact) mass is 256 g/mol. The maximum absolute atomic E-state index is 12.9. The summed E-state index contributed by atoms with van der Waals surface area (Å²) >= 11 is 0. The average Bonchev–Trinajstić information content (AvgIpc) is 2.63. The molecule has 2 aromatic rings. The fraction of sp³-hybridized carbons (Fsp3) is 0.333. The Labute approximate surface area is 101 Å². The van der Waals surface area contributed by atoms with Crippen LogP contribution in [-0.2, 0) is 19.3 Å². The zero-order chi connectivity index (χ0) is 12.9. The summed E-state index contributed by atoms with van der Waals surface area (Å²) in [5, 5.41) is 13.5. The van der Waals surface area contributed by atoms with Gasteiger partial charge in [0, 0.05) is 30.7 Å². The smallest absolute Gasteiger partial charge is 0.417 e. The lowest BCUT2D eigenvalue weighted by atomic mass is 10.1. The van der Waals surface area contributed by atoms with Crippen molar-refractivity contribution >= 4 is 10.8 Å². The highest BCUT2D eigenvalue weighted by Crippen LogP contribution is 2.41. The van der Waals surface area contributed by atoms with Gasteiger partial charge in [-0.3, -0.25) is 0 Å². The van der Waals surface area contributed by atoms with E-state index in [1.165, 1.54) is 6.07 Å². The number of nitrogens with one attached hydrogen (secondary N) is 1. The first kappa shape index (κ1) is 11.4. The standard InChI is InChI=1S/C12H11F3N2O/c13-12(14,15)8-3-1-2-7-9-6-16-4-5-17(9)11(18)10(7)8/h1-3,16,18H,4-6H2. The number of aromatic hydroxyl groups is 1. The summed E-state index contributed by atoms with van der Waals surface area (Å²) in [6, 6.07) is 3.99. The number of hydrogen-bond acceptors (Lipinski definition) is 2. The van der Waals surface area contributed by atoms with Crippen LogP contribution in [0.3, 0.4) is 0 Å². The zero-order valence-corrected chi connectivity index (χ0v) is 9.38. The van der Waals surface area contributed by atoms with Crippen molar-refractivity contribution < 1.29 is 18.3 Å². The van der Waals surface area contributed by atoms with Gasteiger partial charge < -0.3 is 15.0 Å². The minimum Gasteiger partial charge on any atom is -0.494 e. The van der Waals surface area contributed by atoms with Crippen molar-refractivity contribution in [3.63, 3.8) is 0 Å². The number of alkyl halides is 3. The minimum absolute atomic E-state index is 0.0938. The lowest BCUT2D eigenvalue weighted by Gasteiger charge is -2.16.